The first-order valence-electron chi connectivity index (χ1n) is 9.49. The van der Waals surface area contributed by atoms with E-state index < -0.39 is 0 Å². The number of nitrogens with zero attached hydrogens (tertiary/aromatic N) is 1. The van der Waals surface area contributed by atoms with Crippen LogP contribution in [0.5, 0.6) is 5.75 Å². The molecule has 0 saturated heterocycles. The number of hydrogen-bond donors (Lipinski definition) is 2. The Kier molecular flexibility index (Phi) is 7.76. The zero-order valence-corrected chi connectivity index (χ0v) is 18.3. The van der Waals surface area contributed by atoms with Crippen LogP contribution in [0, 0.1) is 0 Å². The third-order valence-corrected chi connectivity index (χ3v) is 4.88. The van der Waals surface area contributed by atoms with E-state index >= 15 is 0 Å². The molecule has 3 aromatic carbocycles. The number of nitrogens with one attached hydrogen (secondary N) is 2. The fourth-order valence-corrected chi connectivity index (χ4v) is 2.96. The van der Waals surface area contributed by atoms with Crippen LogP contribution < -0.4 is 20.3 Å². The van der Waals surface area contributed by atoms with Crippen LogP contribution in [0.1, 0.15) is 10.4 Å². The maximum Gasteiger partial charge on any atom is 0.319 e. The summed E-state index contributed by atoms with van der Waals surface area (Å²) in [5.41, 5.74) is 1.84. The summed E-state index contributed by atoms with van der Waals surface area (Å²) in [6.45, 7) is 0.663. The molecule has 0 aliphatic rings. The number of urea groups is 1. The predicted molar refractivity (Wildman–Crippen MR) is 125 cm³/mol. The summed E-state index contributed by atoms with van der Waals surface area (Å²) >= 11 is 11.7. The lowest BCUT2D eigenvalue weighted by Gasteiger charge is -2.18. The van der Waals surface area contributed by atoms with Gasteiger partial charge in [-0.05, 0) is 72.8 Å². The summed E-state index contributed by atoms with van der Waals surface area (Å²) in [5, 5.41) is 6.67. The minimum Gasteiger partial charge on any atom is -0.492 e. The van der Waals surface area contributed by atoms with Crippen LogP contribution in [0.4, 0.5) is 16.2 Å². The van der Waals surface area contributed by atoms with Crippen molar-refractivity contribution in [3.05, 3.63) is 88.4 Å². The topological polar surface area (TPSA) is 70.7 Å². The SMILES string of the molecule is CN(C(=O)c1ccc(Cl)cc1)c1ccc(NC(=O)NCCOc2ccc(Cl)cc2)cc1. The summed E-state index contributed by atoms with van der Waals surface area (Å²) in [7, 11) is 1.69. The number of rotatable bonds is 7. The van der Waals surface area contributed by atoms with E-state index in [0.717, 1.165) is 0 Å². The second kappa shape index (κ2) is 10.7. The molecule has 0 unspecified atom stereocenters. The van der Waals surface area contributed by atoms with Crippen molar-refractivity contribution in [2.45, 2.75) is 0 Å². The van der Waals surface area contributed by atoms with E-state index in [9.17, 15) is 9.59 Å². The standard InChI is InChI=1S/C23H21Cl2N3O3/c1-28(22(29)16-2-4-17(24)5-3-16)20-10-8-19(9-11-20)27-23(30)26-14-15-31-21-12-6-18(25)7-13-21/h2-13H,14-15H2,1H3,(H2,26,27,30). The largest absolute Gasteiger partial charge is 0.492 e. The lowest BCUT2D eigenvalue weighted by atomic mass is 10.2. The van der Waals surface area contributed by atoms with E-state index in [1.807, 2.05) is 0 Å². The lowest BCUT2D eigenvalue weighted by Crippen LogP contribution is -2.32. The highest BCUT2D eigenvalue weighted by molar-refractivity contribution is 6.31. The van der Waals surface area contributed by atoms with Crippen LogP contribution in [0.2, 0.25) is 10.0 Å². The fraction of sp³-hybridized carbons (Fsp3) is 0.130. The van der Waals surface area contributed by atoms with Gasteiger partial charge < -0.3 is 20.3 Å². The molecule has 3 aromatic rings. The molecule has 0 aliphatic heterocycles. The molecule has 0 heterocycles. The second-order valence-corrected chi connectivity index (χ2v) is 7.47. The van der Waals surface area contributed by atoms with Gasteiger partial charge in [0.1, 0.15) is 12.4 Å². The van der Waals surface area contributed by atoms with Gasteiger partial charge in [0.2, 0.25) is 0 Å². The number of benzene rings is 3. The molecule has 0 aromatic heterocycles. The molecule has 8 heteroatoms. The van der Waals surface area contributed by atoms with Crippen molar-refractivity contribution in [3.8, 4) is 5.75 Å². The zero-order chi connectivity index (χ0) is 22.2. The van der Waals surface area contributed by atoms with Crippen LogP contribution >= 0.6 is 23.2 Å². The van der Waals surface area contributed by atoms with Gasteiger partial charge >= 0.3 is 6.03 Å². The first-order chi connectivity index (χ1) is 14.9. The average molecular weight is 458 g/mol. The van der Waals surface area contributed by atoms with Crippen molar-refractivity contribution in [2.24, 2.45) is 0 Å². The van der Waals surface area contributed by atoms with Gasteiger partial charge in [-0.3, -0.25) is 4.79 Å². The lowest BCUT2D eigenvalue weighted by molar-refractivity contribution is 0.0993. The Balaban J connectivity index is 1.45. The zero-order valence-electron chi connectivity index (χ0n) is 16.8. The average Bonchev–Trinajstić information content (AvgIpc) is 2.78. The van der Waals surface area contributed by atoms with Gasteiger partial charge in [-0.25, -0.2) is 4.79 Å². The van der Waals surface area contributed by atoms with E-state index in [0.29, 0.717) is 45.9 Å². The highest BCUT2D eigenvalue weighted by Gasteiger charge is 2.13. The highest BCUT2D eigenvalue weighted by Crippen LogP contribution is 2.20. The molecule has 0 spiro atoms. The van der Waals surface area contributed by atoms with Gasteiger partial charge in [0, 0.05) is 34.0 Å². The molecule has 3 rings (SSSR count). The van der Waals surface area contributed by atoms with Gasteiger partial charge in [-0.15, -0.1) is 0 Å². The first kappa shape index (κ1) is 22.5. The molecule has 3 amide bonds. The van der Waals surface area contributed by atoms with Gasteiger partial charge in [0.15, 0.2) is 0 Å². The van der Waals surface area contributed by atoms with Gasteiger partial charge in [0.05, 0.1) is 6.54 Å². The molecule has 0 radical (unpaired) electrons. The Morgan fingerprint density at radius 1 is 0.871 bits per heavy atom. The third-order valence-electron chi connectivity index (χ3n) is 4.38. The van der Waals surface area contributed by atoms with Crippen LogP contribution in [-0.2, 0) is 0 Å². The number of ether oxygens (including phenoxy) is 1. The molecular weight excluding hydrogens is 437 g/mol. The number of anilines is 2. The van der Waals surface area contributed by atoms with E-state index in [4.69, 9.17) is 27.9 Å². The summed E-state index contributed by atoms with van der Waals surface area (Å²) in [5.74, 6) is 0.523. The Bertz CT molecular complexity index is 1020. The summed E-state index contributed by atoms with van der Waals surface area (Å²) in [6.07, 6.45) is 0. The molecule has 0 saturated carbocycles. The maximum atomic E-state index is 12.6. The number of halogens is 2. The van der Waals surface area contributed by atoms with Crippen molar-refractivity contribution >= 4 is 46.5 Å². The number of carbonyl (C=O) groups is 2. The van der Waals surface area contributed by atoms with Crippen molar-refractivity contribution in [1.82, 2.24) is 5.32 Å². The highest BCUT2D eigenvalue weighted by atomic mass is 35.5. The van der Waals surface area contributed by atoms with E-state index in [1.165, 1.54) is 4.90 Å². The molecular formula is C23H21Cl2N3O3. The number of carbonyl (C=O) groups excluding carboxylic acids is 2. The van der Waals surface area contributed by atoms with Crippen LogP contribution in [0.15, 0.2) is 72.8 Å². The Morgan fingerprint density at radius 2 is 1.45 bits per heavy atom. The summed E-state index contributed by atoms with van der Waals surface area (Å²) in [6, 6.07) is 20.3. The minimum absolute atomic E-state index is 0.157. The van der Waals surface area contributed by atoms with E-state index in [-0.39, 0.29) is 11.9 Å². The molecule has 2 N–H and O–H groups in total. The molecule has 6 nitrogen and oxygen atoms in total. The maximum absolute atomic E-state index is 12.6. The van der Waals surface area contributed by atoms with Gasteiger partial charge in [0.25, 0.3) is 5.91 Å². The molecule has 0 fully saturated rings. The summed E-state index contributed by atoms with van der Waals surface area (Å²) in [4.78, 5) is 26.1. The fourth-order valence-electron chi connectivity index (χ4n) is 2.71. The van der Waals surface area contributed by atoms with Crippen LogP contribution in [0.3, 0.4) is 0 Å². The van der Waals surface area contributed by atoms with Crippen molar-refractivity contribution in [2.75, 3.05) is 30.4 Å². The minimum atomic E-state index is -0.349. The Labute approximate surface area is 190 Å². The van der Waals surface area contributed by atoms with Crippen molar-refractivity contribution in [3.63, 3.8) is 0 Å². The Morgan fingerprint density at radius 3 is 2.06 bits per heavy atom. The predicted octanol–water partition coefficient (Wildman–Crippen LogP) is 5.47. The summed E-state index contributed by atoms with van der Waals surface area (Å²) < 4.78 is 5.52. The monoisotopic (exact) mass is 457 g/mol. The van der Waals surface area contributed by atoms with E-state index in [2.05, 4.69) is 10.6 Å². The number of amides is 3. The first-order valence-corrected chi connectivity index (χ1v) is 10.2. The van der Waals surface area contributed by atoms with Crippen LogP contribution in [0.25, 0.3) is 0 Å². The molecule has 0 aliphatic carbocycles. The van der Waals surface area contributed by atoms with E-state index in [1.54, 1.807) is 79.8 Å². The van der Waals surface area contributed by atoms with Crippen molar-refractivity contribution < 1.29 is 14.3 Å². The smallest absolute Gasteiger partial charge is 0.319 e. The number of hydrogen-bond acceptors (Lipinski definition) is 3. The molecule has 160 valence electrons. The molecule has 0 bridgehead atoms. The molecule has 31 heavy (non-hydrogen) atoms. The van der Waals surface area contributed by atoms with Crippen molar-refractivity contribution in [1.29, 1.82) is 0 Å². The Hall–Kier alpha value is -3.22. The van der Waals surface area contributed by atoms with Gasteiger partial charge in [-0.2, -0.15) is 0 Å². The third kappa shape index (κ3) is 6.64. The van der Waals surface area contributed by atoms with Gasteiger partial charge in [-0.1, -0.05) is 23.2 Å². The molecule has 0 atom stereocenters. The normalized spacial score (nSPS) is 10.3. The second-order valence-electron chi connectivity index (χ2n) is 6.60. The quantitative estimate of drug-likeness (QED) is 0.462. The van der Waals surface area contributed by atoms with Crippen LogP contribution in [-0.4, -0.2) is 32.1 Å².